The number of nitro benzene ring substituents is 1. The first kappa shape index (κ1) is 11.1. The molecule has 1 rings (SSSR count). The zero-order chi connectivity index (χ0) is 10.1. The van der Waals surface area contributed by atoms with E-state index in [2.05, 4.69) is 47.8 Å². The highest BCUT2D eigenvalue weighted by Gasteiger charge is 2.21. The molecule has 0 amide bonds. The van der Waals surface area contributed by atoms with Crippen LogP contribution in [0, 0.1) is 10.1 Å². The van der Waals surface area contributed by atoms with E-state index in [1.165, 1.54) is 12.1 Å². The molecule has 0 N–H and O–H groups in total. The molecule has 0 bridgehead atoms. The monoisotopic (exact) mass is 371 g/mol. The fraction of sp³-hybridized carbons (Fsp3) is 0.143. The molecule has 1 aromatic rings. The third-order valence-corrected chi connectivity index (χ3v) is 2.78. The first-order chi connectivity index (χ1) is 5.91. The Bertz CT molecular complexity index is 318. The van der Waals surface area contributed by atoms with Gasteiger partial charge in [0.25, 0.3) is 5.69 Å². The van der Waals surface area contributed by atoms with Crippen LogP contribution >= 0.6 is 47.8 Å². The van der Waals surface area contributed by atoms with Crippen LogP contribution in [0.3, 0.4) is 0 Å². The maximum atomic E-state index is 10.3. The number of hydrogen-bond acceptors (Lipinski definition) is 2. The summed E-state index contributed by atoms with van der Waals surface area (Å²) >= 11 is 9.94. The molecular formula is C7H4Br3NO2. The lowest BCUT2D eigenvalue weighted by molar-refractivity contribution is -0.384. The van der Waals surface area contributed by atoms with Crippen LogP contribution in [-0.4, -0.2) is 4.92 Å². The van der Waals surface area contributed by atoms with Crippen LogP contribution in [-0.2, 0) is 2.14 Å². The second-order valence-electron chi connectivity index (χ2n) is 2.30. The highest BCUT2D eigenvalue weighted by molar-refractivity contribution is 9.38. The van der Waals surface area contributed by atoms with E-state index in [-0.39, 0.29) is 5.69 Å². The molecule has 0 fully saturated rings. The van der Waals surface area contributed by atoms with Gasteiger partial charge in [-0.25, -0.2) is 0 Å². The third kappa shape index (κ3) is 3.03. The SMILES string of the molecule is O=[N+]([O-])c1ccc(C(Br)(Br)Br)cc1. The molecular weight excluding hydrogens is 370 g/mol. The van der Waals surface area contributed by atoms with E-state index in [0.29, 0.717) is 0 Å². The van der Waals surface area contributed by atoms with Gasteiger partial charge in [0.05, 0.1) is 4.92 Å². The lowest BCUT2D eigenvalue weighted by atomic mass is 10.2. The Morgan fingerprint density at radius 3 is 1.92 bits per heavy atom. The summed E-state index contributed by atoms with van der Waals surface area (Å²) in [5, 5.41) is 10.3. The Balaban J connectivity index is 3.01. The summed E-state index contributed by atoms with van der Waals surface area (Å²) in [6, 6.07) is 6.23. The fourth-order valence-corrected chi connectivity index (χ4v) is 1.57. The Labute approximate surface area is 100 Å². The van der Waals surface area contributed by atoms with E-state index in [4.69, 9.17) is 0 Å². The van der Waals surface area contributed by atoms with E-state index >= 15 is 0 Å². The molecule has 6 heteroatoms. The molecule has 0 unspecified atom stereocenters. The van der Waals surface area contributed by atoms with Crippen LogP contribution in [0.4, 0.5) is 5.69 Å². The second kappa shape index (κ2) is 4.06. The van der Waals surface area contributed by atoms with E-state index in [0.717, 1.165) is 5.56 Å². The van der Waals surface area contributed by atoms with Gasteiger partial charge in [0.1, 0.15) is 0 Å². The van der Waals surface area contributed by atoms with Crippen LogP contribution in [0.1, 0.15) is 5.56 Å². The molecule has 0 atom stereocenters. The average Bonchev–Trinajstić information content (AvgIpc) is 2.03. The predicted octanol–water partition coefficient (Wildman–Crippen LogP) is 3.89. The molecule has 13 heavy (non-hydrogen) atoms. The molecule has 0 aliphatic heterocycles. The van der Waals surface area contributed by atoms with Crippen molar-refractivity contribution in [1.29, 1.82) is 0 Å². The quantitative estimate of drug-likeness (QED) is 0.426. The summed E-state index contributed by atoms with van der Waals surface area (Å²) in [4.78, 5) is 9.90. The van der Waals surface area contributed by atoms with Gasteiger partial charge in [0, 0.05) is 12.1 Å². The topological polar surface area (TPSA) is 43.1 Å². The molecule has 0 radical (unpaired) electrons. The largest absolute Gasteiger partial charge is 0.269 e. The van der Waals surface area contributed by atoms with Gasteiger partial charge in [-0.1, -0.05) is 47.8 Å². The zero-order valence-electron chi connectivity index (χ0n) is 6.21. The number of hydrogen-bond donors (Lipinski definition) is 0. The fourth-order valence-electron chi connectivity index (χ4n) is 0.772. The molecule has 1 aromatic carbocycles. The lowest BCUT2D eigenvalue weighted by Gasteiger charge is -2.11. The zero-order valence-corrected chi connectivity index (χ0v) is 11.0. The summed E-state index contributed by atoms with van der Waals surface area (Å²) in [7, 11) is 0. The molecule has 0 saturated carbocycles. The standard InChI is InChI=1S/C7H4Br3NO2/c8-7(9,10)5-1-3-6(4-2-5)11(12)13/h1-4H. The van der Waals surface area contributed by atoms with E-state index < -0.39 is 7.07 Å². The Morgan fingerprint density at radius 2 is 1.62 bits per heavy atom. The van der Waals surface area contributed by atoms with Gasteiger partial charge >= 0.3 is 0 Å². The highest BCUT2D eigenvalue weighted by Crippen LogP contribution is 2.44. The predicted molar refractivity (Wildman–Crippen MR) is 61.6 cm³/mol. The summed E-state index contributed by atoms with van der Waals surface area (Å²) < 4.78 is -0.512. The third-order valence-electron chi connectivity index (χ3n) is 1.41. The van der Waals surface area contributed by atoms with Crippen molar-refractivity contribution in [1.82, 2.24) is 0 Å². The minimum Gasteiger partial charge on any atom is -0.258 e. The van der Waals surface area contributed by atoms with Crippen molar-refractivity contribution in [2.45, 2.75) is 2.14 Å². The van der Waals surface area contributed by atoms with E-state index in [9.17, 15) is 10.1 Å². The van der Waals surface area contributed by atoms with Crippen LogP contribution in [0.25, 0.3) is 0 Å². The van der Waals surface area contributed by atoms with Gasteiger partial charge in [0.15, 0.2) is 2.14 Å². The Morgan fingerprint density at radius 1 is 1.15 bits per heavy atom. The number of halogens is 3. The lowest BCUT2D eigenvalue weighted by Crippen LogP contribution is -1.97. The number of benzene rings is 1. The molecule has 3 nitrogen and oxygen atoms in total. The second-order valence-corrected chi connectivity index (χ2v) is 9.06. The molecule has 0 aliphatic rings. The first-order valence-electron chi connectivity index (χ1n) is 3.23. The van der Waals surface area contributed by atoms with Crippen molar-refractivity contribution in [3.63, 3.8) is 0 Å². The van der Waals surface area contributed by atoms with Gasteiger partial charge < -0.3 is 0 Å². The normalized spacial score (nSPS) is 11.3. The Hall–Kier alpha value is 0.0600. The highest BCUT2D eigenvalue weighted by atomic mass is 80.0. The summed E-state index contributed by atoms with van der Waals surface area (Å²) in [6.45, 7) is 0. The number of non-ortho nitro benzene ring substituents is 1. The van der Waals surface area contributed by atoms with E-state index in [1.54, 1.807) is 12.1 Å². The maximum Gasteiger partial charge on any atom is 0.269 e. The van der Waals surface area contributed by atoms with Gasteiger partial charge in [0.2, 0.25) is 0 Å². The van der Waals surface area contributed by atoms with Crippen molar-refractivity contribution >= 4 is 53.5 Å². The smallest absolute Gasteiger partial charge is 0.258 e. The molecule has 0 saturated heterocycles. The number of alkyl halides is 3. The van der Waals surface area contributed by atoms with Crippen LogP contribution < -0.4 is 0 Å². The van der Waals surface area contributed by atoms with Gasteiger partial charge in [-0.15, -0.1) is 0 Å². The molecule has 0 aliphatic carbocycles. The van der Waals surface area contributed by atoms with Crippen molar-refractivity contribution in [3.05, 3.63) is 39.9 Å². The molecule has 0 heterocycles. The summed E-state index contributed by atoms with van der Waals surface area (Å²) in [6.07, 6.45) is 0. The first-order valence-corrected chi connectivity index (χ1v) is 5.61. The number of rotatable bonds is 1. The van der Waals surface area contributed by atoms with Crippen molar-refractivity contribution in [3.8, 4) is 0 Å². The maximum absolute atomic E-state index is 10.3. The average molecular weight is 374 g/mol. The van der Waals surface area contributed by atoms with E-state index in [1.807, 2.05) is 0 Å². The summed E-state index contributed by atoms with van der Waals surface area (Å²) in [5.41, 5.74) is 0.943. The van der Waals surface area contributed by atoms with Crippen molar-refractivity contribution in [2.24, 2.45) is 0 Å². The van der Waals surface area contributed by atoms with Crippen LogP contribution in [0.5, 0.6) is 0 Å². The van der Waals surface area contributed by atoms with Crippen LogP contribution in [0.2, 0.25) is 0 Å². The van der Waals surface area contributed by atoms with Crippen molar-refractivity contribution in [2.75, 3.05) is 0 Å². The number of nitro groups is 1. The molecule has 70 valence electrons. The molecule has 0 aromatic heterocycles. The summed E-state index contributed by atoms with van der Waals surface area (Å²) in [5.74, 6) is 0. The van der Waals surface area contributed by atoms with Crippen LogP contribution in [0.15, 0.2) is 24.3 Å². The Kier molecular flexibility index (Phi) is 3.48. The molecule has 0 spiro atoms. The van der Waals surface area contributed by atoms with Gasteiger partial charge in [-0.3, -0.25) is 10.1 Å². The van der Waals surface area contributed by atoms with Gasteiger partial charge in [-0.05, 0) is 17.7 Å². The van der Waals surface area contributed by atoms with Gasteiger partial charge in [-0.2, -0.15) is 0 Å². The van der Waals surface area contributed by atoms with Crippen molar-refractivity contribution < 1.29 is 4.92 Å². The minimum absolute atomic E-state index is 0.0838. The number of nitrogens with zero attached hydrogens (tertiary/aromatic N) is 1. The minimum atomic E-state index is -0.512.